The number of aryl methyl sites for hydroxylation is 1. The van der Waals surface area contributed by atoms with E-state index in [0.717, 1.165) is 61.3 Å². The number of nitrogens with one attached hydrogen (secondary N) is 1. The molecule has 0 radical (unpaired) electrons. The molecule has 0 bridgehead atoms. The highest BCUT2D eigenvalue weighted by atomic mass is 16.5. The molecule has 2 heterocycles. The van der Waals surface area contributed by atoms with E-state index in [2.05, 4.69) is 22.0 Å². The third-order valence-corrected chi connectivity index (χ3v) is 4.44. The molecule has 3 rings (SSSR count). The summed E-state index contributed by atoms with van der Waals surface area (Å²) in [6.07, 6.45) is 6.15. The summed E-state index contributed by atoms with van der Waals surface area (Å²) in [6, 6.07) is 6.02. The van der Waals surface area contributed by atoms with Crippen LogP contribution < -0.4 is 15.2 Å². The summed E-state index contributed by atoms with van der Waals surface area (Å²) in [7, 11) is 0. The SMILES string of the molecule is CCCCOc1ccc(C)cc1-c1c(N2CCCC2)cn[nH]c1=O. The Balaban J connectivity index is 2.07. The summed E-state index contributed by atoms with van der Waals surface area (Å²) in [4.78, 5) is 14.8. The lowest BCUT2D eigenvalue weighted by Gasteiger charge is -2.21. The third kappa shape index (κ3) is 3.45. The molecule has 128 valence electrons. The summed E-state index contributed by atoms with van der Waals surface area (Å²) in [5, 5.41) is 6.61. The zero-order chi connectivity index (χ0) is 16.9. The predicted molar refractivity (Wildman–Crippen MR) is 96.9 cm³/mol. The van der Waals surface area contributed by atoms with Crippen molar-refractivity contribution in [2.45, 2.75) is 39.5 Å². The molecule has 1 aliphatic rings. The number of H-pyrrole nitrogens is 1. The number of hydrogen-bond donors (Lipinski definition) is 1. The van der Waals surface area contributed by atoms with Crippen LogP contribution in [0.25, 0.3) is 11.1 Å². The highest BCUT2D eigenvalue weighted by molar-refractivity contribution is 5.81. The maximum absolute atomic E-state index is 12.6. The molecule has 0 amide bonds. The summed E-state index contributed by atoms with van der Waals surface area (Å²) >= 11 is 0. The van der Waals surface area contributed by atoms with Crippen LogP contribution in [0, 0.1) is 6.92 Å². The molecule has 0 spiro atoms. The maximum atomic E-state index is 12.6. The minimum Gasteiger partial charge on any atom is -0.493 e. The molecule has 0 atom stereocenters. The molecule has 1 saturated heterocycles. The Labute approximate surface area is 142 Å². The van der Waals surface area contributed by atoms with Gasteiger partial charge in [-0.25, -0.2) is 5.10 Å². The molecular weight excluding hydrogens is 302 g/mol. The first-order valence-corrected chi connectivity index (χ1v) is 8.77. The van der Waals surface area contributed by atoms with Gasteiger partial charge in [0.15, 0.2) is 0 Å². The molecular formula is C19H25N3O2. The second kappa shape index (κ2) is 7.51. The minimum atomic E-state index is -0.162. The van der Waals surface area contributed by atoms with Crippen molar-refractivity contribution >= 4 is 5.69 Å². The largest absolute Gasteiger partial charge is 0.493 e. The fourth-order valence-corrected chi connectivity index (χ4v) is 3.14. The Morgan fingerprint density at radius 1 is 1.29 bits per heavy atom. The Morgan fingerprint density at radius 3 is 2.83 bits per heavy atom. The van der Waals surface area contributed by atoms with Crippen LogP contribution in [0.5, 0.6) is 5.75 Å². The lowest BCUT2D eigenvalue weighted by molar-refractivity contribution is 0.310. The zero-order valence-electron chi connectivity index (χ0n) is 14.5. The highest BCUT2D eigenvalue weighted by Gasteiger charge is 2.21. The van der Waals surface area contributed by atoms with E-state index in [-0.39, 0.29) is 5.56 Å². The van der Waals surface area contributed by atoms with Crippen molar-refractivity contribution in [3.05, 3.63) is 40.3 Å². The first-order valence-electron chi connectivity index (χ1n) is 8.77. The van der Waals surface area contributed by atoms with Gasteiger partial charge in [-0.15, -0.1) is 0 Å². The summed E-state index contributed by atoms with van der Waals surface area (Å²) < 4.78 is 5.97. The molecule has 1 N–H and O–H groups in total. The van der Waals surface area contributed by atoms with Gasteiger partial charge in [0.2, 0.25) is 0 Å². The van der Waals surface area contributed by atoms with E-state index in [1.807, 2.05) is 25.1 Å². The lowest BCUT2D eigenvalue weighted by atomic mass is 10.0. The van der Waals surface area contributed by atoms with Gasteiger partial charge in [-0.1, -0.05) is 25.0 Å². The summed E-state index contributed by atoms with van der Waals surface area (Å²) in [5.74, 6) is 0.770. The van der Waals surface area contributed by atoms with Crippen LogP contribution in [-0.2, 0) is 0 Å². The number of anilines is 1. The Kier molecular flexibility index (Phi) is 5.18. The van der Waals surface area contributed by atoms with E-state index >= 15 is 0 Å². The van der Waals surface area contributed by atoms with Crippen LogP contribution in [0.3, 0.4) is 0 Å². The van der Waals surface area contributed by atoms with Crippen LogP contribution in [0.2, 0.25) is 0 Å². The molecule has 0 aliphatic carbocycles. The highest BCUT2D eigenvalue weighted by Crippen LogP contribution is 2.35. The minimum absolute atomic E-state index is 0.162. The second-order valence-corrected chi connectivity index (χ2v) is 6.36. The van der Waals surface area contributed by atoms with Gasteiger partial charge in [-0.2, -0.15) is 5.10 Å². The Bertz CT molecular complexity index is 749. The molecule has 0 unspecified atom stereocenters. The van der Waals surface area contributed by atoms with Crippen molar-refractivity contribution < 1.29 is 4.74 Å². The van der Waals surface area contributed by atoms with E-state index in [1.165, 1.54) is 0 Å². The number of benzene rings is 1. The van der Waals surface area contributed by atoms with Gasteiger partial charge in [0.1, 0.15) is 5.75 Å². The molecule has 24 heavy (non-hydrogen) atoms. The molecule has 1 aliphatic heterocycles. The van der Waals surface area contributed by atoms with Crippen molar-refractivity contribution in [2.24, 2.45) is 0 Å². The topological polar surface area (TPSA) is 58.2 Å². The van der Waals surface area contributed by atoms with Crippen molar-refractivity contribution in [3.8, 4) is 16.9 Å². The molecule has 2 aromatic rings. The van der Waals surface area contributed by atoms with E-state index in [0.29, 0.717) is 12.2 Å². The summed E-state index contributed by atoms with van der Waals surface area (Å²) in [6.45, 7) is 6.77. The normalized spacial score (nSPS) is 14.2. The molecule has 0 saturated carbocycles. The number of aromatic nitrogens is 2. The first kappa shape index (κ1) is 16.6. The average Bonchev–Trinajstić information content (AvgIpc) is 3.10. The number of ether oxygens (including phenoxy) is 1. The summed E-state index contributed by atoms with van der Waals surface area (Å²) in [5.41, 5.74) is 3.38. The number of hydrogen-bond acceptors (Lipinski definition) is 4. The smallest absolute Gasteiger partial charge is 0.274 e. The molecule has 1 fully saturated rings. The van der Waals surface area contributed by atoms with E-state index < -0.39 is 0 Å². The predicted octanol–water partition coefficient (Wildman–Crippen LogP) is 3.52. The number of aromatic amines is 1. The van der Waals surface area contributed by atoms with Crippen LogP contribution in [0.4, 0.5) is 5.69 Å². The molecule has 1 aromatic carbocycles. The van der Waals surface area contributed by atoms with Gasteiger partial charge in [-0.05, 0) is 38.3 Å². The molecule has 1 aromatic heterocycles. The second-order valence-electron chi connectivity index (χ2n) is 6.36. The van der Waals surface area contributed by atoms with Crippen molar-refractivity contribution in [3.63, 3.8) is 0 Å². The van der Waals surface area contributed by atoms with Gasteiger partial charge in [0, 0.05) is 18.7 Å². The van der Waals surface area contributed by atoms with E-state index in [4.69, 9.17) is 4.74 Å². The van der Waals surface area contributed by atoms with Crippen LogP contribution >= 0.6 is 0 Å². The monoisotopic (exact) mass is 327 g/mol. The fraction of sp³-hybridized carbons (Fsp3) is 0.474. The van der Waals surface area contributed by atoms with Crippen molar-refractivity contribution in [1.29, 1.82) is 0 Å². The van der Waals surface area contributed by atoms with Gasteiger partial charge in [0.25, 0.3) is 5.56 Å². The van der Waals surface area contributed by atoms with Crippen LogP contribution in [-0.4, -0.2) is 29.9 Å². The van der Waals surface area contributed by atoms with Crippen LogP contribution in [0.15, 0.2) is 29.2 Å². The molecule has 5 nitrogen and oxygen atoms in total. The molecule has 5 heteroatoms. The third-order valence-electron chi connectivity index (χ3n) is 4.44. The van der Waals surface area contributed by atoms with Crippen molar-refractivity contribution in [1.82, 2.24) is 10.2 Å². The van der Waals surface area contributed by atoms with E-state index in [1.54, 1.807) is 6.20 Å². The first-order chi connectivity index (χ1) is 11.7. The van der Waals surface area contributed by atoms with Gasteiger partial charge < -0.3 is 9.64 Å². The average molecular weight is 327 g/mol. The van der Waals surface area contributed by atoms with Crippen LogP contribution in [0.1, 0.15) is 38.2 Å². The maximum Gasteiger partial charge on any atom is 0.274 e. The Morgan fingerprint density at radius 2 is 2.08 bits per heavy atom. The quantitative estimate of drug-likeness (QED) is 0.825. The van der Waals surface area contributed by atoms with E-state index in [9.17, 15) is 4.79 Å². The number of unbranched alkanes of at least 4 members (excludes halogenated alkanes) is 1. The number of rotatable bonds is 6. The fourth-order valence-electron chi connectivity index (χ4n) is 3.14. The number of nitrogens with zero attached hydrogens (tertiary/aromatic N) is 2. The van der Waals surface area contributed by atoms with Gasteiger partial charge >= 0.3 is 0 Å². The Hall–Kier alpha value is -2.30. The zero-order valence-corrected chi connectivity index (χ0v) is 14.5. The van der Waals surface area contributed by atoms with Gasteiger partial charge in [-0.3, -0.25) is 4.79 Å². The standard InChI is InChI=1S/C19H25N3O2/c1-3-4-11-24-17-8-7-14(2)12-15(17)18-16(13-20-21-19(18)23)22-9-5-6-10-22/h7-8,12-13H,3-6,9-11H2,1-2H3,(H,21,23). The lowest BCUT2D eigenvalue weighted by Crippen LogP contribution is -2.23. The van der Waals surface area contributed by atoms with Crippen molar-refractivity contribution in [2.75, 3.05) is 24.6 Å². The van der Waals surface area contributed by atoms with Gasteiger partial charge in [0.05, 0.1) is 24.1 Å².